The van der Waals surface area contributed by atoms with E-state index in [1.165, 1.54) is 19.2 Å². The highest BCUT2D eigenvalue weighted by molar-refractivity contribution is 7.89. The van der Waals surface area contributed by atoms with Crippen molar-refractivity contribution in [3.8, 4) is 0 Å². The molecule has 0 bridgehead atoms. The fourth-order valence-corrected chi connectivity index (χ4v) is 3.44. The summed E-state index contributed by atoms with van der Waals surface area (Å²) >= 11 is 0. The summed E-state index contributed by atoms with van der Waals surface area (Å²) in [7, 11) is -2.68. The Bertz CT molecular complexity index is 923. The monoisotopic (exact) mass is 364 g/mol. The third-order valence-corrected chi connectivity index (χ3v) is 5.17. The molecule has 0 spiro atoms. The second kappa shape index (κ2) is 6.24. The molecule has 0 radical (unpaired) electrons. The van der Waals surface area contributed by atoms with Crippen molar-refractivity contribution in [3.63, 3.8) is 0 Å². The largest absolute Gasteiger partial charge is 0.465 e. The fourth-order valence-electron chi connectivity index (χ4n) is 2.18. The maximum Gasteiger partial charge on any atom is 0.337 e. The van der Waals surface area contributed by atoms with E-state index in [4.69, 9.17) is 4.84 Å². The predicted molar refractivity (Wildman–Crippen MR) is 83.7 cm³/mol. The molecule has 1 fully saturated rings. The number of carbonyl (C=O) groups is 1. The van der Waals surface area contributed by atoms with E-state index in [0.717, 1.165) is 28.7 Å². The molecule has 1 saturated heterocycles. The summed E-state index contributed by atoms with van der Waals surface area (Å²) in [6.07, 6.45) is -0.813. The van der Waals surface area contributed by atoms with E-state index in [2.05, 4.69) is 4.74 Å². The van der Waals surface area contributed by atoms with Gasteiger partial charge in [0.25, 0.3) is 15.7 Å². The van der Waals surface area contributed by atoms with Crippen LogP contribution in [0.25, 0.3) is 0 Å². The van der Waals surface area contributed by atoms with Gasteiger partial charge in [-0.3, -0.25) is 15.0 Å². The quantitative estimate of drug-likeness (QED) is 0.344. The lowest BCUT2D eigenvalue weighted by atomic mass is 10.1. The number of esters is 1. The van der Waals surface area contributed by atoms with Crippen molar-refractivity contribution < 1.29 is 27.7 Å². The van der Waals surface area contributed by atoms with Gasteiger partial charge in [0.05, 0.1) is 22.5 Å². The maximum absolute atomic E-state index is 12.4. The second-order valence-electron chi connectivity index (χ2n) is 5.08. The summed E-state index contributed by atoms with van der Waals surface area (Å²) < 4.78 is 30.3. The van der Waals surface area contributed by atoms with Crippen molar-refractivity contribution in [3.05, 3.63) is 69.8 Å². The molecule has 2 aromatic carbocycles. The van der Waals surface area contributed by atoms with E-state index in [-0.39, 0.29) is 10.6 Å². The number of nitro benzene ring substituents is 1. The fraction of sp³-hybridized carbons (Fsp3) is 0.133. The van der Waals surface area contributed by atoms with Gasteiger partial charge in [-0.05, 0) is 28.7 Å². The minimum atomic E-state index is -3.94. The van der Waals surface area contributed by atoms with Gasteiger partial charge >= 0.3 is 5.97 Å². The van der Waals surface area contributed by atoms with Crippen molar-refractivity contribution >= 4 is 21.7 Å². The number of carbonyl (C=O) groups excluding carboxylic acids is 1. The highest BCUT2D eigenvalue weighted by atomic mass is 32.2. The lowest BCUT2D eigenvalue weighted by Gasteiger charge is -2.03. The number of nitro groups is 1. The lowest BCUT2D eigenvalue weighted by molar-refractivity contribution is -0.384. The number of non-ortho nitro benzene ring substituents is 1. The van der Waals surface area contributed by atoms with Crippen LogP contribution >= 0.6 is 0 Å². The summed E-state index contributed by atoms with van der Waals surface area (Å²) in [4.78, 5) is 26.4. The summed E-state index contributed by atoms with van der Waals surface area (Å²) in [6.45, 7) is 0. The molecule has 9 nitrogen and oxygen atoms in total. The number of hydrogen-bond acceptors (Lipinski definition) is 7. The van der Waals surface area contributed by atoms with Gasteiger partial charge in [0.1, 0.15) is 0 Å². The van der Waals surface area contributed by atoms with Crippen molar-refractivity contribution in [2.24, 2.45) is 0 Å². The van der Waals surface area contributed by atoms with E-state index < -0.39 is 27.1 Å². The Labute approximate surface area is 142 Å². The lowest BCUT2D eigenvalue weighted by Crippen LogP contribution is -2.12. The van der Waals surface area contributed by atoms with Crippen LogP contribution < -0.4 is 0 Å². The molecule has 0 aromatic heterocycles. The Morgan fingerprint density at radius 2 is 1.76 bits per heavy atom. The molecule has 10 heteroatoms. The predicted octanol–water partition coefficient (Wildman–Crippen LogP) is 2.02. The summed E-state index contributed by atoms with van der Waals surface area (Å²) in [5, 5.41) is 10.6. The van der Waals surface area contributed by atoms with Crippen molar-refractivity contribution in [1.82, 2.24) is 4.47 Å². The van der Waals surface area contributed by atoms with Gasteiger partial charge in [0.2, 0.25) is 0 Å². The van der Waals surface area contributed by atoms with Crippen LogP contribution in [0.5, 0.6) is 0 Å². The van der Waals surface area contributed by atoms with Gasteiger partial charge in [-0.1, -0.05) is 12.1 Å². The first-order chi connectivity index (χ1) is 11.8. The molecule has 130 valence electrons. The van der Waals surface area contributed by atoms with Gasteiger partial charge in [-0.2, -0.15) is 0 Å². The van der Waals surface area contributed by atoms with Crippen LogP contribution in [0.2, 0.25) is 0 Å². The SMILES string of the molecule is COC(=O)c1ccc([C@@H]2ON2S(=O)(=O)c2ccc([N+](=O)[O-])cc2)cc1. The third kappa shape index (κ3) is 3.22. The molecule has 1 unspecified atom stereocenters. The first-order valence-electron chi connectivity index (χ1n) is 6.98. The number of rotatable bonds is 5. The third-order valence-electron chi connectivity index (χ3n) is 3.55. The zero-order valence-electron chi connectivity index (χ0n) is 12.9. The van der Waals surface area contributed by atoms with Crippen LogP contribution in [0.15, 0.2) is 53.4 Å². The van der Waals surface area contributed by atoms with E-state index in [9.17, 15) is 23.3 Å². The molecule has 3 rings (SSSR count). The minimum absolute atomic E-state index is 0.119. The van der Waals surface area contributed by atoms with E-state index in [1.807, 2.05) is 0 Å². The summed E-state index contributed by atoms with van der Waals surface area (Å²) in [5.41, 5.74) is 0.662. The molecule has 25 heavy (non-hydrogen) atoms. The highest BCUT2D eigenvalue weighted by Gasteiger charge is 2.48. The van der Waals surface area contributed by atoms with E-state index >= 15 is 0 Å². The summed E-state index contributed by atoms with van der Waals surface area (Å²) in [6, 6.07) is 10.6. The summed E-state index contributed by atoms with van der Waals surface area (Å²) in [5.74, 6) is -0.501. The Morgan fingerprint density at radius 1 is 1.16 bits per heavy atom. The van der Waals surface area contributed by atoms with Gasteiger partial charge in [0.15, 0.2) is 6.23 Å². The van der Waals surface area contributed by atoms with Crippen molar-refractivity contribution in [1.29, 1.82) is 0 Å². The molecule has 1 heterocycles. The highest BCUT2D eigenvalue weighted by Crippen LogP contribution is 2.42. The molecule has 1 aliphatic rings. The molecule has 0 aliphatic carbocycles. The van der Waals surface area contributed by atoms with Crippen molar-refractivity contribution in [2.45, 2.75) is 11.1 Å². The van der Waals surface area contributed by atoms with Crippen LogP contribution in [-0.4, -0.2) is 30.9 Å². The molecular weight excluding hydrogens is 352 g/mol. The Morgan fingerprint density at radius 3 is 2.28 bits per heavy atom. The van der Waals surface area contributed by atoms with Gasteiger partial charge in [-0.25, -0.2) is 13.2 Å². The van der Waals surface area contributed by atoms with Gasteiger partial charge in [0, 0.05) is 17.7 Å². The first-order valence-corrected chi connectivity index (χ1v) is 8.42. The van der Waals surface area contributed by atoms with Crippen LogP contribution in [0.1, 0.15) is 22.1 Å². The number of nitrogens with zero attached hydrogens (tertiary/aromatic N) is 2. The Kier molecular flexibility index (Phi) is 4.25. The average molecular weight is 364 g/mol. The molecule has 2 aromatic rings. The van der Waals surface area contributed by atoms with Crippen LogP contribution in [0.4, 0.5) is 5.69 Å². The molecule has 2 atom stereocenters. The zero-order chi connectivity index (χ0) is 18.2. The topological polar surface area (TPSA) is 119 Å². The number of hydrogen-bond donors (Lipinski definition) is 0. The van der Waals surface area contributed by atoms with Crippen LogP contribution in [0.3, 0.4) is 0 Å². The molecule has 1 aliphatic heterocycles. The Hall–Kier alpha value is -2.82. The number of sulfonamides is 1. The standard InChI is InChI=1S/C15H12N2O7S/c1-23-15(18)11-4-2-10(3-5-11)14-17(24-14)25(21,22)13-8-6-12(7-9-13)16(19)20/h2-9,14H,1H3/t14-,17?/m0/s1. The van der Waals surface area contributed by atoms with Gasteiger partial charge in [-0.15, -0.1) is 0 Å². The molecule has 0 N–H and O–H groups in total. The molecule has 0 amide bonds. The first kappa shape index (κ1) is 17.0. The zero-order valence-corrected chi connectivity index (χ0v) is 13.7. The van der Waals surface area contributed by atoms with Crippen LogP contribution in [-0.2, 0) is 19.6 Å². The smallest absolute Gasteiger partial charge is 0.337 e. The molecular formula is C15H12N2O7S. The number of ether oxygens (including phenoxy) is 1. The number of benzene rings is 2. The van der Waals surface area contributed by atoms with E-state index in [0.29, 0.717) is 11.1 Å². The second-order valence-corrected chi connectivity index (χ2v) is 6.86. The normalized spacial score (nSPS) is 19.2. The maximum atomic E-state index is 12.4. The number of methoxy groups -OCH3 is 1. The number of hydroxylamine groups is 1. The Balaban J connectivity index is 1.77. The molecule has 0 saturated carbocycles. The van der Waals surface area contributed by atoms with E-state index in [1.54, 1.807) is 12.1 Å². The van der Waals surface area contributed by atoms with Gasteiger partial charge < -0.3 is 4.74 Å². The van der Waals surface area contributed by atoms with Crippen molar-refractivity contribution in [2.75, 3.05) is 7.11 Å². The average Bonchev–Trinajstić information content (AvgIpc) is 3.43. The minimum Gasteiger partial charge on any atom is -0.465 e. The van der Waals surface area contributed by atoms with Crippen LogP contribution in [0, 0.1) is 10.1 Å².